The summed E-state index contributed by atoms with van der Waals surface area (Å²) in [7, 11) is 0. The van der Waals surface area contributed by atoms with Crippen molar-refractivity contribution in [1.82, 2.24) is 5.32 Å². The van der Waals surface area contributed by atoms with E-state index in [1.807, 2.05) is 44.2 Å². The number of thioether (sulfide) groups is 1. The fourth-order valence-electron chi connectivity index (χ4n) is 3.47. The molecule has 0 aliphatic heterocycles. The summed E-state index contributed by atoms with van der Waals surface area (Å²) in [6.45, 7) is 3.49. The lowest BCUT2D eigenvalue weighted by Gasteiger charge is -2.16. The molecule has 0 saturated heterocycles. The molecular formula is C25H27NO6S. The molecule has 0 unspecified atom stereocenters. The highest BCUT2D eigenvalue weighted by Crippen LogP contribution is 2.30. The minimum Gasteiger partial charge on any atom is -0.483 e. The molecule has 2 N–H and O–H groups in total. The van der Waals surface area contributed by atoms with Gasteiger partial charge >= 0.3 is 11.6 Å². The molecule has 0 radical (unpaired) electrons. The van der Waals surface area contributed by atoms with Gasteiger partial charge in [0.05, 0.1) is 5.39 Å². The van der Waals surface area contributed by atoms with E-state index >= 15 is 0 Å². The van der Waals surface area contributed by atoms with Crippen LogP contribution in [0.3, 0.4) is 0 Å². The van der Waals surface area contributed by atoms with E-state index in [0.717, 1.165) is 23.1 Å². The topological polar surface area (TPSA) is 106 Å². The maximum atomic E-state index is 12.5. The van der Waals surface area contributed by atoms with E-state index in [9.17, 15) is 19.5 Å². The number of benzene rings is 2. The molecule has 1 amide bonds. The van der Waals surface area contributed by atoms with Crippen molar-refractivity contribution in [2.45, 2.75) is 38.5 Å². The first-order valence-corrected chi connectivity index (χ1v) is 11.9. The van der Waals surface area contributed by atoms with Crippen LogP contribution in [-0.2, 0) is 21.8 Å². The van der Waals surface area contributed by atoms with Crippen molar-refractivity contribution >= 4 is 34.6 Å². The van der Waals surface area contributed by atoms with E-state index in [-0.39, 0.29) is 12.4 Å². The number of rotatable bonds is 11. The molecule has 1 aromatic heterocycles. The Morgan fingerprint density at radius 2 is 1.94 bits per heavy atom. The van der Waals surface area contributed by atoms with Gasteiger partial charge in [-0.25, -0.2) is 9.59 Å². The largest absolute Gasteiger partial charge is 0.483 e. The second kappa shape index (κ2) is 11.6. The monoisotopic (exact) mass is 469 g/mol. The summed E-state index contributed by atoms with van der Waals surface area (Å²) in [5.41, 5.74) is 2.66. The Labute approximate surface area is 196 Å². The van der Waals surface area contributed by atoms with Gasteiger partial charge in [-0.2, -0.15) is 11.8 Å². The summed E-state index contributed by atoms with van der Waals surface area (Å²) in [4.78, 5) is 36.0. The fourth-order valence-corrected chi connectivity index (χ4v) is 4.48. The molecule has 0 fully saturated rings. The molecule has 0 saturated carbocycles. The lowest BCUT2D eigenvalue weighted by Crippen LogP contribution is -2.44. The quantitative estimate of drug-likeness (QED) is 0.410. The zero-order chi connectivity index (χ0) is 23.8. The van der Waals surface area contributed by atoms with Gasteiger partial charge in [0.25, 0.3) is 5.91 Å². The van der Waals surface area contributed by atoms with E-state index in [1.54, 1.807) is 12.1 Å². The molecule has 2 aromatic carbocycles. The van der Waals surface area contributed by atoms with Crippen molar-refractivity contribution in [2.24, 2.45) is 0 Å². The zero-order valence-electron chi connectivity index (χ0n) is 18.6. The number of hydrogen-bond donors (Lipinski definition) is 2. The predicted molar refractivity (Wildman–Crippen MR) is 129 cm³/mol. The Bertz CT molecular complexity index is 1170. The molecule has 33 heavy (non-hydrogen) atoms. The van der Waals surface area contributed by atoms with Crippen molar-refractivity contribution in [3.63, 3.8) is 0 Å². The first kappa shape index (κ1) is 24.4. The van der Waals surface area contributed by atoms with Crippen LogP contribution >= 0.6 is 11.8 Å². The maximum Gasteiger partial charge on any atom is 0.336 e. The Hall–Kier alpha value is -3.26. The van der Waals surface area contributed by atoms with Gasteiger partial charge in [-0.3, -0.25) is 4.79 Å². The number of carboxylic acid groups (broad SMARTS) is 1. The SMILES string of the molecule is CCCc1cc(=O)oc2cc(C)cc(OCC(=O)N[C@@H](CSCc3ccccc3)C(=O)O)c12. The number of carbonyl (C=O) groups excluding carboxylic acids is 1. The molecule has 0 aliphatic rings. The molecule has 174 valence electrons. The van der Waals surface area contributed by atoms with Gasteiger partial charge in [-0.15, -0.1) is 0 Å². The third-order valence-electron chi connectivity index (χ3n) is 4.94. The molecule has 8 heteroatoms. The second-order valence-electron chi connectivity index (χ2n) is 7.72. The Balaban J connectivity index is 1.66. The first-order valence-electron chi connectivity index (χ1n) is 10.7. The lowest BCUT2D eigenvalue weighted by atomic mass is 10.0. The molecule has 7 nitrogen and oxygen atoms in total. The number of fused-ring (bicyclic) bond motifs is 1. The number of ether oxygens (including phenoxy) is 1. The van der Waals surface area contributed by atoms with Crippen LogP contribution in [0.25, 0.3) is 11.0 Å². The van der Waals surface area contributed by atoms with Gasteiger partial charge < -0.3 is 19.6 Å². The van der Waals surface area contributed by atoms with Crippen molar-refractivity contribution < 1.29 is 23.8 Å². The summed E-state index contributed by atoms with van der Waals surface area (Å²) >= 11 is 1.43. The molecule has 1 heterocycles. The lowest BCUT2D eigenvalue weighted by molar-refractivity contribution is -0.141. The number of aryl methyl sites for hydroxylation is 2. The normalized spacial score (nSPS) is 11.8. The molecule has 0 aliphatic carbocycles. The van der Waals surface area contributed by atoms with E-state index in [0.29, 0.717) is 28.9 Å². The number of nitrogens with one attached hydrogen (secondary N) is 1. The number of hydrogen-bond acceptors (Lipinski definition) is 6. The molecule has 1 atom stereocenters. The standard InChI is InChI=1S/C25H27NO6S/c1-3-7-18-12-23(28)32-21-11-16(2)10-20(24(18)21)31-13-22(27)26-19(25(29)30)15-33-14-17-8-5-4-6-9-17/h4-6,8-12,19H,3,7,13-15H2,1-2H3,(H,26,27)(H,29,30)/t19-/m0/s1. The zero-order valence-corrected chi connectivity index (χ0v) is 19.4. The van der Waals surface area contributed by atoms with Gasteiger partial charge in [0, 0.05) is 17.6 Å². The van der Waals surface area contributed by atoms with Crippen LogP contribution in [0.5, 0.6) is 5.75 Å². The van der Waals surface area contributed by atoms with Crippen molar-refractivity contribution in [3.8, 4) is 5.75 Å². The molecular weight excluding hydrogens is 442 g/mol. The smallest absolute Gasteiger partial charge is 0.336 e. The average molecular weight is 470 g/mol. The minimum absolute atomic E-state index is 0.231. The number of aliphatic carboxylic acids is 1. The number of carbonyl (C=O) groups is 2. The molecule has 0 bridgehead atoms. The van der Waals surface area contributed by atoms with Crippen LogP contribution in [0.2, 0.25) is 0 Å². The molecule has 3 rings (SSSR count). The van der Waals surface area contributed by atoms with Crippen molar-refractivity contribution in [2.75, 3.05) is 12.4 Å². The van der Waals surface area contributed by atoms with Gasteiger partial charge in [0.1, 0.15) is 17.4 Å². The highest BCUT2D eigenvalue weighted by atomic mass is 32.2. The minimum atomic E-state index is -1.10. The Morgan fingerprint density at radius 3 is 2.64 bits per heavy atom. The first-order chi connectivity index (χ1) is 15.9. The summed E-state index contributed by atoms with van der Waals surface area (Å²) in [6.07, 6.45) is 1.49. The van der Waals surface area contributed by atoms with E-state index in [2.05, 4.69) is 5.32 Å². The van der Waals surface area contributed by atoms with E-state index in [1.165, 1.54) is 17.8 Å². The molecule has 3 aromatic rings. The molecule has 0 spiro atoms. The van der Waals surface area contributed by atoms with Gasteiger partial charge in [-0.1, -0.05) is 43.7 Å². The Kier molecular flexibility index (Phi) is 8.54. The third kappa shape index (κ3) is 6.86. The summed E-state index contributed by atoms with van der Waals surface area (Å²) in [5.74, 6) is -0.325. The third-order valence-corrected chi connectivity index (χ3v) is 6.05. The predicted octanol–water partition coefficient (Wildman–Crippen LogP) is 3.94. The van der Waals surface area contributed by atoms with Gasteiger partial charge in [-0.05, 0) is 42.2 Å². The van der Waals surface area contributed by atoms with Crippen molar-refractivity contribution in [1.29, 1.82) is 0 Å². The van der Waals surface area contributed by atoms with E-state index in [4.69, 9.17) is 9.15 Å². The highest BCUT2D eigenvalue weighted by Gasteiger charge is 2.21. The maximum absolute atomic E-state index is 12.5. The van der Waals surface area contributed by atoms with Crippen LogP contribution in [-0.4, -0.2) is 35.4 Å². The summed E-state index contributed by atoms with van der Waals surface area (Å²) in [5, 5.41) is 12.7. The second-order valence-corrected chi connectivity index (χ2v) is 8.75. The van der Waals surface area contributed by atoms with Gasteiger partial charge in [0.15, 0.2) is 6.61 Å². The number of carboxylic acids is 1. The highest BCUT2D eigenvalue weighted by molar-refractivity contribution is 7.98. The Morgan fingerprint density at radius 1 is 1.18 bits per heavy atom. The summed E-state index contributed by atoms with van der Waals surface area (Å²) < 4.78 is 11.1. The van der Waals surface area contributed by atoms with Crippen LogP contribution < -0.4 is 15.7 Å². The fraction of sp³-hybridized carbons (Fsp3) is 0.320. The number of amides is 1. The van der Waals surface area contributed by atoms with Crippen LogP contribution in [0.4, 0.5) is 0 Å². The average Bonchev–Trinajstić information content (AvgIpc) is 2.77. The van der Waals surface area contributed by atoms with Crippen LogP contribution in [0, 0.1) is 6.92 Å². The summed E-state index contributed by atoms with van der Waals surface area (Å²) in [6, 6.07) is 13.7. The van der Waals surface area contributed by atoms with Crippen molar-refractivity contribution in [3.05, 3.63) is 75.6 Å². The van der Waals surface area contributed by atoms with E-state index < -0.39 is 23.5 Å². The van der Waals surface area contributed by atoms with Crippen LogP contribution in [0.15, 0.2) is 57.7 Å². The van der Waals surface area contributed by atoms with Crippen LogP contribution in [0.1, 0.15) is 30.0 Å². The van der Waals surface area contributed by atoms with Gasteiger partial charge in [0.2, 0.25) is 0 Å².